The molecule has 0 amide bonds. The predicted molar refractivity (Wildman–Crippen MR) is 82.2 cm³/mol. The van der Waals surface area contributed by atoms with Crippen LogP contribution in [-0.2, 0) is 0 Å². The lowest BCUT2D eigenvalue weighted by atomic mass is 10.2. The van der Waals surface area contributed by atoms with Crippen LogP contribution >= 0.6 is 0 Å². The van der Waals surface area contributed by atoms with Gasteiger partial charge in [-0.3, -0.25) is 0 Å². The quantitative estimate of drug-likeness (QED) is 0.835. The van der Waals surface area contributed by atoms with Gasteiger partial charge >= 0.3 is 0 Å². The van der Waals surface area contributed by atoms with Crippen molar-refractivity contribution in [2.24, 2.45) is 0 Å². The summed E-state index contributed by atoms with van der Waals surface area (Å²) in [5.41, 5.74) is 6.70. The number of nitrogens with zero attached hydrogens (tertiary/aromatic N) is 2. The standard InChI is InChI=1S/C15H26N4O/c1-4-9-20-15-12(16)14(17-11-7-5-6-8-11)18-13(19-15)10(2)3/h10-11H,4-9,16H2,1-3H3,(H,17,18,19). The first kappa shape index (κ1) is 14.9. The van der Waals surface area contributed by atoms with Crippen LogP contribution in [0.4, 0.5) is 11.5 Å². The van der Waals surface area contributed by atoms with Crippen LogP contribution in [0.3, 0.4) is 0 Å². The van der Waals surface area contributed by atoms with Gasteiger partial charge in [0.25, 0.3) is 0 Å². The number of nitrogens with two attached hydrogens (primary N) is 1. The van der Waals surface area contributed by atoms with E-state index >= 15 is 0 Å². The Bertz CT molecular complexity index is 442. The van der Waals surface area contributed by atoms with Crippen LogP contribution in [0.5, 0.6) is 5.88 Å². The third kappa shape index (κ3) is 3.52. The van der Waals surface area contributed by atoms with Crippen LogP contribution in [0.2, 0.25) is 0 Å². The molecule has 1 heterocycles. The third-order valence-electron chi connectivity index (χ3n) is 3.58. The van der Waals surface area contributed by atoms with Crippen molar-refractivity contribution in [3.05, 3.63) is 5.82 Å². The molecule has 1 aliphatic carbocycles. The highest BCUT2D eigenvalue weighted by Gasteiger charge is 2.20. The van der Waals surface area contributed by atoms with Gasteiger partial charge in [0.1, 0.15) is 11.5 Å². The molecular formula is C15H26N4O. The van der Waals surface area contributed by atoms with E-state index in [1.54, 1.807) is 0 Å². The van der Waals surface area contributed by atoms with Crippen molar-refractivity contribution in [3.8, 4) is 5.88 Å². The molecule has 0 bridgehead atoms. The normalized spacial score (nSPS) is 15.8. The molecule has 20 heavy (non-hydrogen) atoms. The second kappa shape index (κ2) is 6.77. The van der Waals surface area contributed by atoms with Crippen molar-refractivity contribution >= 4 is 11.5 Å². The number of rotatable bonds is 6. The van der Waals surface area contributed by atoms with Crippen LogP contribution in [0.25, 0.3) is 0 Å². The van der Waals surface area contributed by atoms with E-state index in [0.29, 0.717) is 24.2 Å². The first-order valence-corrected chi connectivity index (χ1v) is 7.68. The van der Waals surface area contributed by atoms with Gasteiger partial charge in [-0.1, -0.05) is 33.6 Å². The first-order valence-electron chi connectivity index (χ1n) is 7.68. The van der Waals surface area contributed by atoms with Crippen LogP contribution < -0.4 is 15.8 Å². The molecule has 1 saturated carbocycles. The molecule has 3 N–H and O–H groups in total. The van der Waals surface area contributed by atoms with E-state index in [9.17, 15) is 0 Å². The average molecular weight is 278 g/mol. The summed E-state index contributed by atoms with van der Waals surface area (Å²) in [5.74, 6) is 2.29. The van der Waals surface area contributed by atoms with E-state index in [1.807, 2.05) is 0 Å². The molecule has 112 valence electrons. The number of hydrogen-bond acceptors (Lipinski definition) is 5. The van der Waals surface area contributed by atoms with Crippen LogP contribution in [0.1, 0.15) is 64.6 Å². The summed E-state index contributed by atoms with van der Waals surface area (Å²) in [5, 5.41) is 3.47. The third-order valence-corrected chi connectivity index (χ3v) is 3.58. The van der Waals surface area contributed by atoms with Gasteiger partial charge in [-0.2, -0.15) is 4.98 Å². The molecule has 5 heteroatoms. The average Bonchev–Trinajstić information content (AvgIpc) is 2.92. The predicted octanol–water partition coefficient (Wildman–Crippen LogP) is 3.33. The number of nitrogens with one attached hydrogen (secondary N) is 1. The van der Waals surface area contributed by atoms with Crippen molar-refractivity contribution in [1.29, 1.82) is 0 Å². The lowest BCUT2D eigenvalue weighted by Gasteiger charge is -2.18. The summed E-state index contributed by atoms with van der Waals surface area (Å²) >= 11 is 0. The van der Waals surface area contributed by atoms with E-state index in [2.05, 4.69) is 36.1 Å². The van der Waals surface area contributed by atoms with Crippen LogP contribution in [0.15, 0.2) is 0 Å². The Morgan fingerprint density at radius 3 is 2.60 bits per heavy atom. The molecule has 1 aromatic rings. The van der Waals surface area contributed by atoms with E-state index in [4.69, 9.17) is 10.5 Å². The van der Waals surface area contributed by atoms with Crippen LogP contribution in [0, 0.1) is 0 Å². The number of aromatic nitrogens is 2. The monoisotopic (exact) mass is 278 g/mol. The maximum absolute atomic E-state index is 6.16. The largest absolute Gasteiger partial charge is 0.476 e. The molecule has 5 nitrogen and oxygen atoms in total. The zero-order chi connectivity index (χ0) is 14.5. The minimum atomic E-state index is 0.253. The lowest BCUT2D eigenvalue weighted by molar-refractivity contribution is 0.305. The minimum absolute atomic E-state index is 0.253. The molecule has 0 spiro atoms. The van der Waals surface area contributed by atoms with E-state index < -0.39 is 0 Å². The highest BCUT2D eigenvalue weighted by atomic mass is 16.5. The fraction of sp³-hybridized carbons (Fsp3) is 0.733. The fourth-order valence-electron chi connectivity index (χ4n) is 2.41. The summed E-state index contributed by atoms with van der Waals surface area (Å²) in [4.78, 5) is 9.02. The van der Waals surface area contributed by atoms with Crippen molar-refractivity contribution in [1.82, 2.24) is 9.97 Å². The molecular weight excluding hydrogens is 252 g/mol. The summed E-state index contributed by atoms with van der Waals surface area (Å²) in [6, 6.07) is 0.478. The minimum Gasteiger partial charge on any atom is -0.476 e. The van der Waals surface area contributed by atoms with Gasteiger partial charge in [0.2, 0.25) is 5.88 Å². The second-order valence-electron chi connectivity index (χ2n) is 5.78. The number of nitrogen functional groups attached to an aromatic ring is 1. The van der Waals surface area contributed by atoms with E-state index in [1.165, 1.54) is 25.7 Å². The van der Waals surface area contributed by atoms with Gasteiger partial charge in [-0.15, -0.1) is 0 Å². The Kier molecular flexibility index (Phi) is 5.04. The molecule has 0 aromatic carbocycles. The molecule has 0 unspecified atom stereocenters. The second-order valence-corrected chi connectivity index (χ2v) is 5.78. The van der Waals surface area contributed by atoms with Gasteiger partial charge < -0.3 is 15.8 Å². The van der Waals surface area contributed by atoms with Gasteiger partial charge in [0.15, 0.2) is 5.82 Å². The molecule has 2 rings (SSSR count). The molecule has 0 aliphatic heterocycles. The zero-order valence-corrected chi connectivity index (χ0v) is 12.8. The Hall–Kier alpha value is -1.52. The van der Waals surface area contributed by atoms with Gasteiger partial charge in [0, 0.05) is 12.0 Å². The van der Waals surface area contributed by atoms with Crippen molar-refractivity contribution in [3.63, 3.8) is 0 Å². The summed E-state index contributed by atoms with van der Waals surface area (Å²) < 4.78 is 5.67. The summed E-state index contributed by atoms with van der Waals surface area (Å²) in [7, 11) is 0. The molecule has 1 aliphatic rings. The first-order chi connectivity index (χ1) is 9.61. The summed E-state index contributed by atoms with van der Waals surface area (Å²) in [6.45, 7) is 6.85. The maximum Gasteiger partial charge on any atom is 0.242 e. The molecule has 1 fully saturated rings. The number of hydrogen-bond donors (Lipinski definition) is 2. The smallest absolute Gasteiger partial charge is 0.242 e. The topological polar surface area (TPSA) is 73.1 Å². The Balaban J connectivity index is 2.24. The molecule has 0 radical (unpaired) electrons. The Morgan fingerprint density at radius 2 is 2.00 bits per heavy atom. The molecule has 0 atom stereocenters. The van der Waals surface area contributed by atoms with Crippen molar-refractivity contribution in [2.75, 3.05) is 17.7 Å². The highest BCUT2D eigenvalue weighted by molar-refractivity contribution is 5.67. The summed E-state index contributed by atoms with van der Waals surface area (Å²) in [6.07, 6.45) is 5.86. The van der Waals surface area contributed by atoms with Crippen molar-refractivity contribution in [2.45, 2.75) is 64.8 Å². The van der Waals surface area contributed by atoms with Crippen molar-refractivity contribution < 1.29 is 4.74 Å². The maximum atomic E-state index is 6.16. The number of anilines is 2. The fourth-order valence-corrected chi connectivity index (χ4v) is 2.41. The lowest BCUT2D eigenvalue weighted by Crippen LogP contribution is -2.19. The van der Waals surface area contributed by atoms with Crippen LogP contribution in [-0.4, -0.2) is 22.6 Å². The van der Waals surface area contributed by atoms with Gasteiger partial charge in [-0.25, -0.2) is 4.98 Å². The zero-order valence-electron chi connectivity index (χ0n) is 12.8. The molecule has 0 saturated heterocycles. The number of ether oxygens (including phenoxy) is 1. The Morgan fingerprint density at radius 1 is 1.30 bits per heavy atom. The van der Waals surface area contributed by atoms with E-state index in [-0.39, 0.29) is 5.92 Å². The van der Waals surface area contributed by atoms with Gasteiger partial charge in [-0.05, 0) is 19.3 Å². The van der Waals surface area contributed by atoms with E-state index in [0.717, 1.165) is 18.1 Å². The SMILES string of the molecule is CCCOc1nc(C(C)C)nc(NC2CCCC2)c1N. The Labute approximate surface area is 121 Å². The molecule has 1 aromatic heterocycles. The van der Waals surface area contributed by atoms with Gasteiger partial charge in [0.05, 0.1) is 6.61 Å². The highest BCUT2D eigenvalue weighted by Crippen LogP contribution is 2.31.